The molecule has 0 saturated heterocycles. The molecule has 0 aliphatic heterocycles. The van der Waals surface area contributed by atoms with Crippen molar-refractivity contribution in [1.29, 1.82) is 0 Å². The lowest BCUT2D eigenvalue weighted by Gasteiger charge is -2.22. The smallest absolute Gasteiger partial charge is 0.135 e. The highest BCUT2D eigenvalue weighted by atomic mass is 16.5. The molecule has 0 aromatic carbocycles. The molecule has 0 aromatic heterocycles. The van der Waals surface area contributed by atoms with Gasteiger partial charge in [0.25, 0.3) is 0 Å². The Morgan fingerprint density at radius 3 is 2.11 bits per heavy atom. The predicted octanol–water partition coefficient (Wildman–Crippen LogP) is 0.720. The summed E-state index contributed by atoms with van der Waals surface area (Å²) < 4.78 is 0. The van der Waals surface area contributed by atoms with E-state index in [1.54, 1.807) is 0 Å². The molecule has 0 bridgehead atoms. The Morgan fingerprint density at radius 2 is 2.00 bits per heavy atom. The molecular formula is C6H15NO2. The molecule has 56 valence electrons. The van der Waals surface area contributed by atoms with Gasteiger partial charge >= 0.3 is 0 Å². The molecule has 0 fully saturated rings. The highest BCUT2D eigenvalue weighted by Gasteiger charge is 2.19. The van der Waals surface area contributed by atoms with Gasteiger partial charge in [0.15, 0.2) is 0 Å². The van der Waals surface area contributed by atoms with Gasteiger partial charge in [-0.1, -0.05) is 13.8 Å². The van der Waals surface area contributed by atoms with Crippen molar-refractivity contribution in [3.05, 3.63) is 0 Å². The maximum absolute atomic E-state index is 9.13. The maximum atomic E-state index is 9.13. The van der Waals surface area contributed by atoms with Crippen molar-refractivity contribution in [3.8, 4) is 0 Å². The molecule has 0 radical (unpaired) electrons. The number of hydrogen-bond donors (Lipinski definition) is 3. The molecule has 1 unspecified atom stereocenters. The van der Waals surface area contributed by atoms with Crippen molar-refractivity contribution in [3.63, 3.8) is 0 Å². The quantitative estimate of drug-likeness (QED) is 0.393. The lowest BCUT2D eigenvalue weighted by molar-refractivity contribution is -0.0912. The Labute approximate surface area is 55.7 Å². The first-order valence-electron chi connectivity index (χ1n) is 3.11. The molecule has 1 atom stereocenters. The van der Waals surface area contributed by atoms with E-state index in [4.69, 9.17) is 10.3 Å². The monoisotopic (exact) mass is 133 g/mol. The summed E-state index contributed by atoms with van der Waals surface area (Å²) in [5.74, 6) is 0.375. The topological polar surface area (TPSA) is 52.5 Å². The second kappa shape index (κ2) is 3.15. The van der Waals surface area contributed by atoms with E-state index in [-0.39, 0.29) is 0 Å². The fourth-order valence-corrected chi connectivity index (χ4v) is 0.841. The average molecular weight is 133 g/mol. The highest BCUT2D eigenvalue weighted by molar-refractivity contribution is 4.65. The van der Waals surface area contributed by atoms with Crippen molar-refractivity contribution >= 4 is 0 Å². The molecule has 0 aliphatic rings. The molecule has 0 saturated carbocycles. The van der Waals surface area contributed by atoms with Crippen LogP contribution in [0.25, 0.3) is 0 Å². The van der Waals surface area contributed by atoms with E-state index >= 15 is 0 Å². The van der Waals surface area contributed by atoms with Crippen LogP contribution in [-0.2, 0) is 0 Å². The van der Waals surface area contributed by atoms with Gasteiger partial charge in [0.1, 0.15) is 5.72 Å². The van der Waals surface area contributed by atoms with Crippen LogP contribution >= 0.6 is 0 Å². The summed E-state index contributed by atoms with van der Waals surface area (Å²) in [5.41, 5.74) is 0.697. The number of nitrogens with one attached hydrogen (secondary N) is 1. The minimum Gasteiger partial charge on any atom is -0.374 e. The van der Waals surface area contributed by atoms with Crippen LogP contribution in [0.4, 0.5) is 0 Å². The number of rotatable bonds is 3. The molecule has 0 aliphatic carbocycles. The molecule has 0 amide bonds. The summed E-state index contributed by atoms with van der Waals surface area (Å²) in [4.78, 5) is 0. The predicted molar refractivity (Wildman–Crippen MR) is 35.0 cm³/mol. The maximum Gasteiger partial charge on any atom is 0.135 e. The first-order chi connectivity index (χ1) is 3.98. The first-order valence-corrected chi connectivity index (χ1v) is 3.11. The SMILES string of the molecule is CC(C)CC(C)(O)NO. The third kappa shape index (κ3) is 4.39. The minimum atomic E-state index is -1.13. The summed E-state index contributed by atoms with van der Waals surface area (Å²) in [6.07, 6.45) is 0.545. The van der Waals surface area contributed by atoms with Crippen LogP contribution in [0.3, 0.4) is 0 Å². The van der Waals surface area contributed by atoms with Crippen LogP contribution in [0.15, 0.2) is 0 Å². The van der Waals surface area contributed by atoms with E-state index in [0.29, 0.717) is 12.3 Å². The van der Waals surface area contributed by atoms with Crippen molar-refractivity contribution in [2.45, 2.75) is 32.9 Å². The first kappa shape index (κ1) is 8.88. The second-order valence-corrected chi connectivity index (χ2v) is 2.98. The standard InChI is InChI=1S/C6H15NO2/c1-5(2)4-6(3,8)7-9/h5,7-9H,4H2,1-3H3. The summed E-state index contributed by atoms with van der Waals surface area (Å²) in [6.45, 7) is 5.49. The zero-order valence-corrected chi connectivity index (χ0v) is 6.18. The van der Waals surface area contributed by atoms with Crippen molar-refractivity contribution in [2.75, 3.05) is 0 Å². The zero-order valence-electron chi connectivity index (χ0n) is 6.18. The summed E-state index contributed by atoms with van der Waals surface area (Å²) >= 11 is 0. The van der Waals surface area contributed by atoms with Crippen molar-refractivity contribution in [1.82, 2.24) is 5.48 Å². The third-order valence-electron chi connectivity index (χ3n) is 1.05. The largest absolute Gasteiger partial charge is 0.374 e. The van der Waals surface area contributed by atoms with E-state index < -0.39 is 5.72 Å². The van der Waals surface area contributed by atoms with Crippen LogP contribution in [0.1, 0.15) is 27.2 Å². The zero-order chi connectivity index (χ0) is 7.49. The minimum absolute atomic E-state index is 0.375. The molecule has 0 aromatic rings. The van der Waals surface area contributed by atoms with Gasteiger partial charge in [-0.3, -0.25) is 0 Å². The highest BCUT2D eigenvalue weighted by Crippen LogP contribution is 2.11. The van der Waals surface area contributed by atoms with Crippen LogP contribution in [0.2, 0.25) is 0 Å². The Morgan fingerprint density at radius 1 is 1.56 bits per heavy atom. The van der Waals surface area contributed by atoms with E-state index in [1.807, 2.05) is 19.3 Å². The van der Waals surface area contributed by atoms with Crippen LogP contribution in [-0.4, -0.2) is 16.0 Å². The van der Waals surface area contributed by atoms with Crippen molar-refractivity contribution in [2.24, 2.45) is 5.92 Å². The Bertz CT molecular complexity index is 81.1. The molecule has 3 N–H and O–H groups in total. The van der Waals surface area contributed by atoms with Gasteiger partial charge < -0.3 is 10.3 Å². The molecule has 0 rings (SSSR count). The van der Waals surface area contributed by atoms with Crippen LogP contribution in [0, 0.1) is 5.92 Å². The normalized spacial score (nSPS) is 18.0. The lowest BCUT2D eigenvalue weighted by Crippen LogP contribution is -2.40. The van der Waals surface area contributed by atoms with Gasteiger partial charge in [0.2, 0.25) is 0 Å². The molecule has 9 heavy (non-hydrogen) atoms. The number of hydrogen-bond acceptors (Lipinski definition) is 3. The van der Waals surface area contributed by atoms with Gasteiger partial charge in [0.05, 0.1) is 0 Å². The van der Waals surface area contributed by atoms with Gasteiger partial charge in [-0.2, -0.15) is 5.48 Å². The molecule has 0 spiro atoms. The van der Waals surface area contributed by atoms with Crippen LogP contribution < -0.4 is 5.48 Å². The lowest BCUT2D eigenvalue weighted by atomic mass is 10.0. The third-order valence-corrected chi connectivity index (χ3v) is 1.05. The summed E-state index contributed by atoms with van der Waals surface area (Å²) in [7, 11) is 0. The Balaban J connectivity index is 3.58. The fourth-order valence-electron chi connectivity index (χ4n) is 0.841. The Hall–Kier alpha value is -0.120. The van der Waals surface area contributed by atoms with E-state index in [2.05, 4.69) is 0 Å². The average Bonchev–Trinajstić information content (AvgIpc) is 1.63. The van der Waals surface area contributed by atoms with Gasteiger partial charge in [0, 0.05) is 0 Å². The molecule has 0 heterocycles. The Kier molecular flexibility index (Phi) is 3.11. The molecular weight excluding hydrogens is 118 g/mol. The van der Waals surface area contributed by atoms with Gasteiger partial charge in [-0.15, -0.1) is 0 Å². The fraction of sp³-hybridized carbons (Fsp3) is 1.00. The van der Waals surface area contributed by atoms with Gasteiger partial charge in [-0.25, -0.2) is 0 Å². The van der Waals surface area contributed by atoms with Crippen LogP contribution in [0.5, 0.6) is 0 Å². The number of hydroxylamine groups is 1. The molecule has 3 heteroatoms. The molecule has 3 nitrogen and oxygen atoms in total. The second-order valence-electron chi connectivity index (χ2n) is 2.98. The van der Waals surface area contributed by atoms with Gasteiger partial charge in [-0.05, 0) is 19.3 Å². The van der Waals surface area contributed by atoms with E-state index in [1.165, 1.54) is 6.92 Å². The van der Waals surface area contributed by atoms with E-state index in [0.717, 1.165) is 0 Å². The summed E-state index contributed by atoms with van der Waals surface area (Å²) in [6, 6.07) is 0. The van der Waals surface area contributed by atoms with Crippen molar-refractivity contribution < 1.29 is 10.3 Å². The summed E-state index contributed by atoms with van der Waals surface area (Å²) in [5, 5.41) is 17.5. The number of aliphatic hydroxyl groups is 1. The van der Waals surface area contributed by atoms with E-state index in [9.17, 15) is 0 Å².